The highest BCUT2D eigenvalue weighted by molar-refractivity contribution is 5.86. The van der Waals surface area contributed by atoms with E-state index in [4.69, 9.17) is 9.84 Å². The third kappa shape index (κ3) is 5.98. The Kier molecular flexibility index (Phi) is 7.64. The van der Waals surface area contributed by atoms with Gasteiger partial charge in [0, 0.05) is 31.3 Å². The molecule has 9 nitrogen and oxygen atoms in total. The van der Waals surface area contributed by atoms with Crippen molar-refractivity contribution in [1.82, 2.24) is 16.0 Å². The Bertz CT molecular complexity index is 1070. The number of fused-ring (bicyclic) bond motifs is 3. The fraction of sp³-hybridized carbons (Fsp3) is 0.385. The molecule has 1 saturated heterocycles. The van der Waals surface area contributed by atoms with Crippen LogP contribution in [0.2, 0.25) is 0 Å². The first-order chi connectivity index (χ1) is 16.9. The molecule has 0 spiro atoms. The van der Waals surface area contributed by atoms with Crippen LogP contribution in [-0.4, -0.2) is 54.2 Å². The molecule has 0 bridgehead atoms. The lowest BCUT2D eigenvalue weighted by molar-refractivity contribution is -0.137. The summed E-state index contributed by atoms with van der Waals surface area (Å²) in [5, 5.41) is 17.1. The third-order valence-electron chi connectivity index (χ3n) is 6.44. The Hall–Kier alpha value is -3.88. The van der Waals surface area contributed by atoms with Gasteiger partial charge in [-0.25, -0.2) is 4.79 Å². The quantitative estimate of drug-likeness (QED) is 0.437. The Balaban J connectivity index is 1.36. The standard InChI is InChI=1S/C26H29N3O6/c30-23-11-5-6-16(28-23)14-27-25(33)22(12-13-24(31)32)29-26(34)35-15-21-19-9-3-1-7-17(19)18-8-2-4-10-20(18)21/h1-4,7-10,16,21-22H,5-6,11-15H2,(H,27,33)(H,28,30)(H,29,34)(H,31,32). The van der Waals surface area contributed by atoms with Gasteiger partial charge < -0.3 is 25.8 Å². The number of carboxylic acids is 1. The number of carbonyl (C=O) groups excluding carboxylic acids is 3. The molecule has 1 aliphatic heterocycles. The fourth-order valence-electron chi connectivity index (χ4n) is 4.70. The number of amides is 3. The van der Waals surface area contributed by atoms with E-state index in [-0.39, 0.29) is 43.9 Å². The number of carbonyl (C=O) groups is 4. The van der Waals surface area contributed by atoms with Gasteiger partial charge in [-0.15, -0.1) is 0 Å². The normalized spacial score (nSPS) is 17.5. The minimum absolute atomic E-state index is 0.0605. The number of hydrogen-bond donors (Lipinski definition) is 4. The van der Waals surface area contributed by atoms with E-state index in [1.54, 1.807) is 0 Å². The van der Waals surface area contributed by atoms with E-state index < -0.39 is 24.0 Å². The molecule has 2 aliphatic rings. The highest BCUT2D eigenvalue weighted by Gasteiger charge is 2.30. The molecule has 0 radical (unpaired) electrons. The van der Waals surface area contributed by atoms with Gasteiger partial charge >= 0.3 is 12.1 Å². The molecule has 1 heterocycles. The molecule has 2 atom stereocenters. The number of nitrogens with one attached hydrogen (secondary N) is 3. The minimum Gasteiger partial charge on any atom is -0.481 e. The van der Waals surface area contributed by atoms with E-state index in [0.717, 1.165) is 35.1 Å². The van der Waals surface area contributed by atoms with E-state index in [0.29, 0.717) is 6.42 Å². The summed E-state index contributed by atoms with van der Waals surface area (Å²) in [5.74, 6) is -1.78. The molecular weight excluding hydrogens is 450 g/mol. The molecule has 2 unspecified atom stereocenters. The molecule has 2 aromatic rings. The maximum Gasteiger partial charge on any atom is 0.407 e. The molecule has 1 aliphatic carbocycles. The molecule has 0 saturated carbocycles. The van der Waals surface area contributed by atoms with Crippen molar-refractivity contribution in [1.29, 1.82) is 0 Å². The minimum atomic E-state index is -1.07. The van der Waals surface area contributed by atoms with Crippen molar-refractivity contribution in [2.45, 2.75) is 50.1 Å². The summed E-state index contributed by atoms with van der Waals surface area (Å²) in [6, 6.07) is 14.7. The van der Waals surface area contributed by atoms with E-state index in [2.05, 4.69) is 16.0 Å². The van der Waals surface area contributed by atoms with Crippen LogP contribution in [0, 0.1) is 0 Å². The van der Waals surface area contributed by atoms with Gasteiger partial charge in [-0.3, -0.25) is 14.4 Å². The van der Waals surface area contributed by atoms with E-state index >= 15 is 0 Å². The van der Waals surface area contributed by atoms with Crippen molar-refractivity contribution in [3.8, 4) is 11.1 Å². The van der Waals surface area contributed by atoms with Crippen molar-refractivity contribution in [2.24, 2.45) is 0 Å². The zero-order valence-electron chi connectivity index (χ0n) is 19.3. The van der Waals surface area contributed by atoms with Gasteiger partial charge in [0.15, 0.2) is 0 Å². The van der Waals surface area contributed by atoms with Crippen molar-refractivity contribution in [3.63, 3.8) is 0 Å². The second kappa shape index (κ2) is 11.0. The van der Waals surface area contributed by atoms with Gasteiger partial charge in [0.1, 0.15) is 12.6 Å². The summed E-state index contributed by atoms with van der Waals surface area (Å²) < 4.78 is 5.50. The van der Waals surface area contributed by atoms with Crippen molar-refractivity contribution >= 4 is 23.9 Å². The van der Waals surface area contributed by atoms with Crippen LogP contribution < -0.4 is 16.0 Å². The van der Waals surface area contributed by atoms with Crippen molar-refractivity contribution in [2.75, 3.05) is 13.2 Å². The molecule has 4 rings (SSSR count). The highest BCUT2D eigenvalue weighted by Crippen LogP contribution is 2.44. The Morgan fingerprint density at radius 3 is 2.34 bits per heavy atom. The van der Waals surface area contributed by atoms with Crippen LogP contribution >= 0.6 is 0 Å². The number of aliphatic carboxylic acids is 1. The van der Waals surface area contributed by atoms with Gasteiger partial charge in [0.25, 0.3) is 0 Å². The largest absolute Gasteiger partial charge is 0.481 e. The van der Waals surface area contributed by atoms with E-state index in [9.17, 15) is 19.2 Å². The number of ether oxygens (including phenoxy) is 1. The Morgan fingerprint density at radius 1 is 1.06 bits per heavy atom. The van der Waals surface area contributed by atoms with Crippen molar-refractivity contribution in [3.05, 3.63) is 59.7 Å². The first kappa shape index (κ1) is 24.3. The number of alkyl carbamates (subject to hydrolysis) is 1. The van der Waals surface area contributed by atoms with Crippen LogP contribution in [0.15, 0.2) is 48.5 Å². The zero-order chi connectivity index (χ0) is 24.8. The second-order valence-corrected chi connectivity index (χ2v) is 8.86. The van der Waals surface area contributed by atoms with Crippen LogP contribution in [-0.2, 0) is 19.1 Å². The van der Waals surface area contributed by atoms with Crippen LogP contribution in [0.1, 0.15) is 49.1 Å². The first-order valence-corrected chi connectivity index (χ1v) is 11.8. The summed E-state index contributed by atoms with van der Waals surface area (Å²) in [4.78, 5) is 47.9. The van der Waals surface area contributed by atoms with Crippen molar-refractivity contribution < 1.29 is 29.0 Å². The summed E-state index contributed by atoms with van der Waals surface area (Å²) in [5.41, 5.74) is 4.34. The van der Waals surface area contributed by atoms with Gasteiger partial charge in [0.2, 0.25) is 11.8 Å². The van der Waals surface area contributed by atoms with E-state index in [1.807, 2.05) is 48.5 Å². The monoisotopic (exact) mass is 479 g/mol. The average Bonchev–Trinajstić information content (AvgIpc) is 3.17. The highest BCUT2D eigenvalue weighted by atomic mass is 16.5. The zero-order valence-corrected chi connectivity index (χ0v) is 19.3. The Labute approximate surface area is 203 Å². The van der Waals surface area contributed by atoms with Crippen LogP contribution in [0.3, 0.4) is 0 Å². The molecule has 3 amide bonds. The predicted octanol–water partition coefficient (Wildman–Crippen LogP) is 2.54. The fourth-order valence-corrected chi connectivity index (χ4v) is 4.70. The lowest BCUT2D eigenvalue weighted by Gasteiger charge is -2.25. The number of rotatable bonds is 9. The SMILES string of the molecule is O=C(O)CCC(NC(=O)OCC1c2ccccc2-c2ccccc21)C(=O)NCC1CCCC(=O)N1. The average molecular weight is 480 g/mol. The molecule has 35 heavy (non-hydrogen) atoms. The molecule has 184 valence electrons. The molecule has 2 aromatic carbocycles. The number of hydrogen-bond acceptors (Lipinski definition) is 5. The maximum absolute atomic E-state index is 12.7. The molecule has 4 N–H and O–H groups in total. The molecule has 1 fully saturated rings. The van der Waals surface area contributed by atoms with Crippen LogP contribution in [0.4, 0.5) is 4.79 Å². The van der Waals surface area contributed by atoms with Gasteiger partial charge in [-0.2, -0.15) is 0 Å². The first-order valence-electron chi connectivity index (χ1n) is 11.8. The summed E-state index contributed by atoms with van der Waals surface area (Å²) in [7, 11) is 0. The topological polar surface area (TPSA) is 134 Å². The summed E-state index contributed by atoms with van der Waals surface area (Å²) in [6.07, 6.45) is 0.793. The van der Waals surface area contributed by atoms with Gasteiger partial charge in [-0.1, -0.05) is 48.5 Å². The third-order valence-corrected chi connectivity index (χ3v) is 6.44. The molecular formula is C26H29N3O6. The second-order valence-electron chi connectivity index (χ2n) is 8.86. The number of carboxylic acid groups (broad SMARTS) is 1. The maximum atomic E-state index is 12.7. The predicted molar refractivity (Wildman–Crippen MR) is 128 cm³/mol. The van der Waals surface area contributed by atoms with Gasteiger partial charge in [0.05, 0.1) is 0 Å². The summed E-state index contributed by atoms with van der Waals surface area (Å²) >= 11 is 0. The molecule has 0 aromatic heterocycles. The van der Waals surface area contributed by atoms with Crippen LogP contribution in [0.25, 0.3) is 11.1 Å². The Morgan fingerprint density at radius 2 is 1.71 bits per heavy atom. The number of piperidine rings is 1. The smallest absolute Gasteiger partial charge is 0.407 e. The molecule has 9 heteroatoms. The van der Waals surface area contributed by atoms with Gasteiger partial charge in [-0.05, 0) is 41.5 Å². The van der Waals surface area contributed by atoms with Crippen LogP contribution in [0.5, 0.6) is 0 Å². The van der Waals surface area contributed by atoms with E-state index in [1.165, 1.54) is 0 Å². The number of benzene rings is 2. The summed E-state index contributed by atoms with van der Waals surface area (Å²) in [6.45, 7) is 0.293. The lowest BCUT2D eigenvalue weighted by atomic mass is 9.98. The lowest BCUT2D eigenvalue weighted by Crippen LogP contribution is -2.51.